The van der Waals surface area contributed by atoms with Gasteiger partial charge in [-0.05, 0) is 6.42 Å². The standard InChI is InChI=1S/C12H24O4/c1-2-3-4-5-6-7-8-12(15)16-10-11(14)9-13/h11,13-14H,2-10H2,1H3. The fourth-order valence-electron chi connectivity index (χ4n) is 1.36. The average Bonchev–Trinajstić information content (AvgIpc) is 2.30. The Morgan fingerprint density at radius 1 is 1.19 bits per heavy atom. The molecule has 0 aliphatic rings. The highest BCUT2D eigenvalue weighted by molar-refractivity contribution is 5.69. The molecule has 0 heterocycles. The van der Waals surface area contributed by atoms with Crippen LogP contribution in [0.5, 0.6) is 0 Å². The minimum absolute atomic E-state index is 0.106. The summed E-state index contributed by atoms with van der Waals surface area (Å²) in [4.78, 5) is 11.1. The van der Waals surface area contributed by atoms with Crippen molar-refractivity contribution in [3.63, 3.8) is 0 Å². The first-order chi connectivity index (χ1) is 7.70. The smallest absolute Gasteiger partial charge is 0.305 e. The summed E-state index contributed by atoms with van der Waals surface area (Å²) < 4.78 is 4.77. The minimum Gasteiger partial charge on any atom is -0.463 e. The number of carbonyl (C=O) groups is 1. The van der Waals surface area contributed by atoms with Gasteiger partial charge in [0.05, 0.1) is 6.61 Å². The van der Waals surface area contributed by atoms with Crippen LogP contribution in [0.4, 0.5) is 0 Å². The first-order valence-electron chi connectivity index (χ1n) is 6.15. The van der Waals surface area contributed by atoms with Crippen molar-refractivity contribution in [1.82, 2.24) is 0 Å². The maximum atomic E-state index is 11.1. The maximum Gasteiger partial charge on any atom is 0.305 e. The van der Waals surface area contributed by atoms with Crippen LogP contribution in [0.3, 0.4) is 0 Å². The quantitative estimate of drug-likeness (QED) is 0.444. The molecule has 0 aromatic rings. The van der Waals surface area contributed by atoms with Crippen molar-refractivity contribution in [3.05, 3.63) is 0 Å². The third-order valence-corrected chi connectivity index (χ3v) is 2.38. The number of hydrogen-bond donors (Lipinski definition) is 2. The molecule has 1 atom stereocenters. The van der Waals surface area contributed by atoms with Crippen LogP contribution in [-0.2, 0) is 9.53 Å². The molecule has 16 heavy (non-hydrogen) atoms. The van der Waals surface area contributed by atoms with E-state index in [1.807, 2.05) is 0 Å². The second-order valence-electron chi connectivity index (χ2n) is 4.04. The first kappa shape index (κ1) is 15.4. The molecule has 0 saturated carbocycles. The lowest BCUT2D eigenvalue weighted by Gasteiger charge is -2.08. The Morgan fingerprint density at radius 3 is 2.44 bits per heavy atom. The third kappa shape index (κ3) is 9.93. The predicted molar refractivity (Wildman–Crippen MR) is 62.0 cm³/mol. The van der Waals surface area contributed by atoms with E-state index in [1.54, 1.807) is 0 Å². The van der Waals surface area contributed by atoms with Gasteiger partial charge in [-0.25, -0.2) is 0 Å². The zero-order valence-electron chi connectivity index (χ0n) is 10.2. The molecule has 0 aromatic carbocycles. The first-order valence-corrected chi connectivity index (χ1v) is 6.15. The van der Waals surface area contributed by atoms with Crippen molar-refractivity contribution in [1.29, 1.82) is 0 Å². The monoisotopic (exact) mass is 232 g/mol. The van der Waals surface area contributed by atoms with Crippen LogP contribution in [0.2, 0.25) is 0 Å². The van der Waals surface area contributed by atoms with Gasteiger partial charge in [0.2, 0.25) is 0 Å². The van der Waals surface area contributed by atoms with Crippen LogP contribution >= 0.6 is 0 Å². The Bertz CT molecular complexity index is 170. The molecule has 4 heteroatoms. The molecule has 1 unspecified atom stereocenters. The SMILES string of the molecule is CCCCCCCCC(=O)OCC(O)CO. The van der Waals surface area contributed by atoms with Crippen LogP contribution < -0.4 is 0 Å². The van der Waals surface area contributed by atoms with Crippen LogP contribution in [0.1, 0.15) is 51.9 Å². The normalized spacial score (nSPS) is 12.4. The lowest BCUT2D eigenvalue weighted by Crippen LogP contribution is -2.21. The largest absolute Gasteiger partial charge is 0.463 e. The average molecular weight is 232 g/mol. The summed E-state index contributed by atoms with van der Waals surface area (Å²) in [5, 5.41) is 17.5. The van der Waals surface area contributed by atoms with Gasteiger partial charge in [0.1, 0.15) is 12.7 Å². The van der Waals surface area contributed by atoms with E-state index in [9.17, 15) is 4.79 Å². The molecule has 0 radical (unpaired) electrons. The summed E-state index contributed by atoms with van der Waals surface area (Å²) in [5.41, 5.74) is 0. The van der Waals surface area contributed by atoms with Gasteiger partial charge in [-0.1, -0.05) is 39.0 Å². The summed E-state index contributed by atoms with van der Waals surface area (Å²) in [6.07, 6.45) is 6.23. The summed E-state index contributed by atoms with van der Waals surface area (Å²) in [7, 11) is 0. The van der Waals surface area contributed by atoms with Crippen molar-refractivity contribution in [2.75, 3.05) is 13.2 Å². The molecule has 0 spiro atoms. The Balaban J connectivity index is 3.24. The van der Waals surface area contributed by atoms with E-state index in [0.29, 0.717) is 6.42 Å². The molecule has 96 valence electrons. The van der Waals surface area contributed by atoms with Crippen LogP contribution in [0.25, 0.3) is 0 Å². The fraction of sp³-hybridized carbons (Fsp3) is 0.917. The van der Waals surface area contributed by atoms with E-state index < -0.39 is 6.10 Å². The number of ether oxygens (including phenoxy) is 1. The Hall–Kier alpha value is -0.610. The summed E-state index contributed by atoms with van der Waals surface area (Å²) in [6, 6.07) is 0. The van der Waals surface area contributed by atoms with Crippen molar-refractivity contribution >= 4 is 5.97 Å². The number of hydrogen-bond acceptors (Lipinski definition) is 4. The van der Waals surface area contributed by atoms with Crippen LogP contribution in [0, 0.1) is 0 Å². The third-order valence-electron chi connectivity index (χ3n) is 2.38. The molecule has 0 aliphatic carbocycles. The molecule has 2 N–H and O–H groups in total. The maximum absolute atomic E-state index is 11.1. The molecule has 0 saturated heterocycles. The van der Waals surface area contributed by atoms with Crippen molar-refractivity contribution < 1.29 is 19.7 Å². The van der Waals surface area contributed by atoms with Gasteiger partial charge in [0.25, 0.3) is 0 Å². The lowest BCUT2D eigenvalue weighted by atomic mass is 10.1. The molecule has 4 nitrogen and oxygen atoms in total. The molecule has 0 bridgehead atoms. The molecule has 0 fully saturated rings. The van der Waals surface area contributed by atoms with Gasteiger partial charge in [-0.15, -0.1) is 0 Å². The highest BCUT2D eigenvalue weighted by Gasteiger charge is 2.07. The second kappa shape index (κ2) is 10.9. The summed E-state index contributed by atoms with van der Waals surface area (Å²) >= 11 is 0. The zero-order valence-corrected chi connectivity index (χ0v) is 10.2. The van der Waals surface area contributed by atoms with E-state index in [-0.39, 0.29) is 19.2 Å². The van der Waals surface area contributed by atoms with Gasteiger partial charge in [-0.2, -0.15) is 0 Å². The topological polar surface area (TPSA) is 66.8 Å². The number of aliphatic hydroxyl groups is 2. The van der Waals surface area contributed by atoms with E-state index in [2.05, 4.69) is 6.92 Å². The van der Waals surface area contributed by atoms with E-state index in [4.69, 9.17) is 14.9 Å². The molecular formula is C12H24O4. The highest BCUT2D eigenvalue weighted by atomic mass is 16.5. The Morgan fingerprint density at radius 2 is 1.81 bits per heavy atom. The van der Waals surface area contributed by atoms with Crippen molar-refractivity contribution in [2.45, 2.75) is 58.0 Å². The van der Waals surface area contributed by atoms with Gasteiger partial charge in [0.15, 0.2) is 0 Å². The van der Waals surface area contributed by atoms with Gasteiger partial charge in [0, 0.05) is 6.42 Å². The Labute approximate surface area is 97.6 Å². The Kier molecular flexibility index (Phi) is 10.5. The molecule has 0 aliphatic heterocycles. The van der Waals surface area contributed by atoms with E-state index >= 15 is 0 Å². The highest BCUT2D eigenvalue weighted by Crippen LogP contribution is 2.07. The molecular weight excluding hydrogens is 208 g/mol. The van der Waals surface area contributed by atoms with Gasteiger partial charge < -0.3 is 14.9 Å². The number of rotatable bonds is 10. The van der Waals surface area contributed by atoms with Crippen molar-refractivity contribution in [2.24, 2.45) is 0 Å². The number of unbranched alkanes of at least 4 members (excludes halogenated alkanes) is 5. The fourth-order valence-corrected chi connectivity index (χ4v) is 1.36. The number of carbonyl (C=O) groups excluding carboxylic acids is 1. The number of esters is 1. The second-order valence-corrected chi connectivity index (χ2v) is 4.04. The van der Waals surface area contributed by atoms with E-state index in [1.165, 1.54) is 25.7 Å². The predicted octanol–water partition coefficient (Wildman–Crippen LogP) is 1.63. The van der Waals surface area contributed by atoms with Crippen LogP contribution in [0.15, 0.2) is 0 Å². The van der Waals surface area contributed by atoms with Gasteiger partial charge in [-0.3, -0.25) is 4.79 Å². The zero-order chi connectivity index (χ0) is 12.2. The van der Waals surface area contributed by atoms with Gasteiger partial charge >= 0.3 is 5.97 Å². The molecule has 0 aromatic heterocycles. The molecule has 0 amide bonds. The van der Waals surface area contributed by atoms with E-state index in [0.717, 1.165) is 12.8 Å². The minimum atomic E-state index is -0.950. The molecule has 0 rings (SSSR count). The summed E-state index contributed by atoms with van der Waals surface area (Å²) in [6.45, 7) is 1.69. The summed E-state index contributed by atoms with van der Waals surface area (Å²) in [5.74, 6) is -0.289. The van der Waals surface area contributed by atoms with Crippen LogP contribution in [-0.4, -0.2) is 35.5 Å². The lowest BCUT2D eigenvalue weighted by molar-refractivity contribution is -0.147. The van der Waals surface area contributed by atoms with Crippen molar-refractivity contribution in [3.8, 4) is 0 Å². The number of aliphatic hydroxyl groups excluding tert-OH is 2.